The van der Waals surface area contributed by atoms with Crippen molar-refractivity contribution in [2.24, 2.45) is 0 Å². The van der Waals surface area contributed by atoms with E-state index in [9.17, 15) is 14.9 Å². The van der Waals surface area contributed by atoms with Crippen LogP contribution in [0, 0.1) is 10.1 Å². The minimum absolute atomic E-state index is 0.115. The summed E-state index contributed by atoms with van der Waals surface area (Å²) in [5.74, 6) is 0.934. The average molecular weight is 457 g/mol. The second-order valence-electron chi connectivity index (χ2n) is 6.85. The Bertz CT molecular complexity index is 1150. The molecule has 3 aromatic rings. The van der Waals surface area contributed by atoms with Gasteiger partial charge in [-0.1, -0.05) is 6.07 Å². The molecule has 4 rings (SSSR count). The maximum absolute atomic E-state index is 12.9. The second kappa shape index (κ2) is 9.10. The van der Waals surface area contributed by atoms with Gasteiger partial charge in [0.25, 0.3) is 11.6 Å². The molecule has 2 heterocycles. The number of ether oxygens (including phenoxy) is 4. The summed E-state index contributed by atoms with van der Waals surface area (Å²) >= 11 is 1.41. The molecule has 11 heteroatoms. The van der Waals surface area contributed by atoms with Crippen molar-refractivity contribution >= 4 is 22.9 Å². The van der Waals surface area contributed by atoms with E-state index < -0.39 is 22.6 Å². The van der Waals surface area contributed by atoms with Gasteiger partial charge in [-0.25, -0.2) is 4.98 Å². The molecule has 1 atom stereocenters. The van der Waals surface area contributed by atoms with Gasteiger partial charge in [-0.2, -0.15) is 0 Å². The predicted octanol–water partition coefficient (Wildman–Crippen LogP) is 3.86. The zero-order valence-corrected chi connectivity index (χ0v) is 18.0. The number of aromatic nitrogens is 1. The highest BCUT2D eigenvalue weighted by atomic mass is 32.1. The Hall–Kier alpha value is -3.86. The summed E-state index contributed by atoms with van der Waals surface area (Å²) in [6.07, 6.45) is 0. The number of carbonyl (C=O) groups is 1. The summed E-state index contributed by atoms with van der Waals surface area (Å²) in [6.45, 7) is 2.02. The number of benzene rings is 2. The van der Waals surface area contributed by atoms with Gasteiger partial charge in [0, 0.05) is 11.4 Å². The topological polar surface area (TPSA) is 122 Å². The van der Waals surface area contributed by atoms with E-state index >= 15 is 0 Å². The van der Waals surface area contributed by atoms with Gasteiger partial charge in [-0.3, -0.25) is 14.9 Å². The van der Waals surface area contributed by atoms with Crippen LogP contribution < -0.4 is 24.3 Å². The normalized spacial score (nSPS) is 12.8. The summed E-state index contributed by atoms with van der Waals surface area (Å²) in [5, 5.41) is 16.3. The number of nitro benzene ring substituents is 1. The fourth-order valence-electron chi connectivity index (χ4n) is 3.16. The van der Waals surface area contributed by atoms with Crippen LogP contribution in [-0.4, -0.2) is 29.7 Å². The first kappa shape index (κ1) is 21.4. The van der Waals surface area contributed by atoms with Crippen molar-refractivity contribution in [2.45, 2.75) is 19.6 Å². The number of hydrogen-bond donors (Lipinski definition) is 1. The van der Waals surface area contributed by atoms with Crippen molar-refractivity contribution in [1.82, 2.24) is 10.3 Å². The first-order valence-corrected chi connectivity index (χ1v) is 10.5. The molecule has 0 radical (unpaired) electrons. The largest absolute Gasteiger partial charge is 0.493 e. The average Bonchev–Trinajstić information content (AvgIpc) is 3.48. The van der Waals surface area contributed by atoms with Crippen LogP contribution in [0.25, 0.3) is 0 Å². The molecule has 1 aromatic heterocycles. The molecule has 32 heavy (non-hydrogen) atoms. The predicted molar refractivity (Wildman–Crippen MR) is 115 cm³/mol. The van der Waals surface area contributed by atoms with Crippen LogP contribution in [0.2, 0.25) is 0 Å². The second-order valence-corrected chi connectivity index (χ2v) is 7.57. The monoisotopic (exact) mass is 457 g/mol. The minimum atomic E-state index is -0.630. The molecule has 1 aliphatic rings. The van der Waals surface area contributed by atoms with Gasteiger partial charge in [0.15, 0.2) is 23.0 Å². The molecule has 0 spiro atoms. The number of methoxy groups -OCH3 is 1. The van der Waals surface area contributed by atoms with E-state index in [1.807, 2.05) is 0 Å². The summed E-state index contributed by atoms with van der Waals surface area (Å²) in [7, 11) is 1.40. The molecule has 1 amide bonds. The van der Waals surface area contributed by atoms with Crippen molar-refractivity contribution < 1.29 is 28.7 Å². The Labute approximate surface area is 186 Å². The summed E-state index contributed by atoms with van der Waals surface area (Å²) < 4.78 is 21.6. The number of carbonyl (C=O) groups excluding carboxylic acids is 1. The maximum Gasteiger partial charge on any atom is 0.286 e. The van der Waals surface area contributed by atoms with Crippen molar-refractivity contribution in [2.75, 3.05) is 13.9 Å². The van der Waals surface area contributed by atoms with Crippen LogP contribution in [0.4, 0.5) is 5.69 Å². The standard InChI is InChI=1S/C21H19N3O7S/c1-12(13-3-4-17-19(5-13)31-11-30-17)23-21(25)15-6-18(28-2)20(7-16(15)24(26)27)29-8-14-9-32-10-22-14/h3-7,9-10,12H,8,11H2,1-2H3,(H,23,25). The Balaban J connectivity index is 1.57. The Morgan fingerprint density at radius 3 is 2.81 bits per heavy atom. The lowest BCUT2D eigenvalue weighted by atomic mass is 10.1. The van der Waals surface area contributed by atoms with Crippen molar-refractivity contribution in [3.63, 3.8) is 0 Å². The number of hydrogen-bond acceptors (Lipinski definition) is 9. The molecule has 0 aliphatic carbocycles. The molecule has 1 aliphatic heterocycles. The van der Waals surface area contributed by atoms with E-state index in [1.54, 1.807) is 36.0 Å². The van der Waals surface area contributed by atoms with Crippen LogP contribution >= 0.6 is 11.3 Å². The van der Waals surface area contributed by atoms with Crippen molar-refractivity contribution in [1.29, 1.82) is 0 Å². The van der Waals surface area contributed by atoms with E-state index in [-0.39, 0.29) is 30.5 Å². The third-order valence-electron chi connectivity index (χ3n) is 4.83. The lowest BCUT2D eigenvalue weighted by Gasteiger charge is -2.16. The van der Waals surface area contributed by atoms with Gasteiger partial charge < -0.3 is 24.3 Å². The Kier molecular flexibility index (Phi) is 6.08. The molecule has 10 nitrogen and oxygen atoms in total. The number of nitrogens with zero attached hydrogens (tertiary/aromatic N) is 2. The highest BCUT2D eigenvalue weighted by Crippen LogP contribution is 2.36. The first-order chi connectivity index (χ1) is 15.5. The van der Waals surface area contributed by atoms with Crippen molar-refractivity contribution in [3.8, 4) is 23.0 Å². The molecule has 1 unspecified atom stereocenters. The first-order valence-electron chi connectivity index (χ1n) is 9.53. The molecule has 1 N–H and O–H groups in total. The highest BCUT2D eigenvalue weighted by molar-refractivity contribution is 7.07. The number of nitrogens with one attached hydrogen (secondary N) is 1. The van der Waals surface area contributed by atoms with Crippen molar-refractivity contribution in [3.05, 3.63) is 68.2 Å². The minimum Gasteiger partial charge on any atom is -0.493 e. The van der Waals surface area contributed by atoms with E-state index in [0.29, 0.717) is 17.2 Å². The van der Waals surface area contributed by atoms with Crippen LogP contribution in [0.3, 0.4) is 0 Å². The number of nitro groups is 1. The van der Waals surface area contributed by atoms with Crippen LogP contribution in [0.5, 0.6) is 23.0 Å². The molecule has 0 saturated carbocycles. The molecular weight excluding hydrogens is 438 g/mol. The van der Waals surface area contributed by atoms with Crippen LogP contribution in [0.15, 0.2) is 41.2 Å². The smallest absolute Gasteiger partial charge is 0.286 e. The van der Waals surface area contributed by atoms with Crippen LogP contribution in [0.1, 0.15) is 34.6 Å². The Morgan fingerprint density at radius 1 is 1.28 bits per heavy atom. The van der Waals surface area contributed by atoms with E-state index in [4.69, 9.17) is 18.9 Å². The third kappa shape index (κ3) is 4.42. The summed E-state index contributed by atoms with van der Waals surface area (Å²) in [6, 6.07) is 7.35. The third-order valence-corrected chi connectivity index (χ3v) is 5.46. The zero-order chi connectivity index (χ0) is 22.7. The van der Waals surface area contributed by atoms with E-state index in [2.05, 4.69) is 10.3 Å². The van der Waals surface area contributed by atoms with E-state index in [1.165, 1.54) is 30.6 Å². The van der Waals surface area contributed by atoms with Gasteiger partial charge in [-0.05, 0) is 24.6 Å². The Morgan fingerprint density at radius 2 is 2.09 bits per heavy atom. The molecular formula is C21H19N3O7S. The number of amides is 1. The lowest BCUT2D eigenvalue weighted by molar-refractivity contribution is -0.385. The molecule has 166 valence electrons. The lowest BCUT2D eigenvalue weighted by Crippen LogP contribution is -2.27. The van der Waals surface area contributed by atoms with Gasteiger partial charge in [0.1, 0.15) is 12.2 Å². The summed E-state index contributed by atoms with van der Waals surface area (Å²) in [4.78, 5) is 28.1. The number of fused-ring (bicyclic) bond motifs is 1. The van der Waals surface area contributed by atoms with Gasteiger partial charge >= 0.3 is 0 Å². The molecule has 0 bridgehead atoms. The SMILES string of the molecule is COc1cc(C(=O)NC(C)c2ccc3c(c2)OCO3)c([N+](=O)[O-])cc1OCc1cscn1. The van der Waals surface area contributed by atoms with Gasteiger partial charge in [-0.15, -0.1) is 11.3 Å². The summed E-state index contributed by atoms with van der Waals surface area (Å²) in [5.41, 5.74) is 2.57. The van der Waals surface area contributed by atoms with Gasteiger partial charge in [0.05, 0.1) is 35.3 Å². The maximum atomic E-state index is 12.9. The molecule has 0 saturated heterocycles. The molecule has 2 aromatic carbocycles. The zero-order valence-electron chi connectivity index (χ0n) is 17.2. The fraction of sp³-hybridized carbons (Fsp3) is 0.238. The number of rotatable bonds is 8. The fourth-order valence-corrected chi connectivity index (χ4v) is 3.70. The van der Waals surface area contributed by atoms with Crippen LogP contribution in [-0.2, 0) is 6.61 Å². The molecule has 0 fully saturated rings. The van der Waals surface area contributed by atoms with E-state index in [0.717, 1.165) is 5.56 Å². The number of thiazole rings is 1. The highest BCUT2D eigenvalue weighted by Gasteiger charge is 2.26. The van der Waals surface area contributed by atoms with Gasteiger partial charge in [0.2, 0.25) is 6.79 Å². The quantitative estimate of drug-likeness (QED) is 0.400.